The molecule has 0 aliphatic rings. The Kier molecular flexibility index (Phi) is 8.48. The number of hydrazone groups is 1. The van der Waals surface area contributed by atoms with Crippen molar-refractivity contribution in [1.82, 2.24) is 5.32 Å². The molecule has 0 saturated heterocycles. The van der Waals surface area contributed by atoms with Crippen LogP contribution in [0.3, 0.4) is 0 Å². The van der Waals surface area contributed by atoms with E-state index in [1.54, 1.807) is 12.3 Å². The molecule has 6 nitrogen and oxygen atoms in total. The van der Waals surface area contributed by atoms with E-state index in [2.05, 4.69) is 31.8 Å². The lowest BCUT2D eigenvalue weighted by Gasteiger charge is -2.14. The van der Waals surface area contributed by atoms with Crippen molar-refractivity contribution in [2.24, 2.45) is 5.10 Å². The monoisotopic (exact) mass is 481 g/mol. The molecule has 0 heterocycles. The minimum Gasteiger partial charge on any atom is -0.490 e. The Morgan fingerprint density at radius 2 is 1.68 bits per heavy atom. The van der Waals surface area contributed by atoms with E-state index in [4.69, 9.17) is 9.47 Å². The van der Waals surface area contributed by atoms with Gasteiger partial charge in [-0.2, -0.15) is 5.10 Å². The standard InChI is InChI=1S/C24H24BrN3O3/c1-2-30-22-13-19(16-27-28-20-11-7-4-8-12-20)21(25)14-23(22)31-17-24(29)26-15-18-9-5-3-6-10-18/h3-14,16,28H,2,15,17H2,1H3,(H,26,29). The number of hydrogen-bond donors (Lipinski definition) is 2. The zero-order chi connectivity index (χ0) is 21.9. The SMILES string of the molecule is CCOc1cc(C=NNc2ccccc2)c(Br)cc1OCC(=O)NCc1ccccc1. The summed E-state index contributed by atoms with van der Waals surface area (Å²) in [5.74, 6) is 0.819. The second-order valence-electron chi connectivity index (χ2n) is 6.54. The van der Waals surface area contributed by atoms with Crippen LogP contribution in [0.4, 0.5) is 5.69 Å². The molecule has 0 saturated carbocycles. The highest BCUT2D eigenvalue weighted by molar-refractivity contribution is 9.10. The normalized spacial score (nSPS) is 10.6. The molecule has 0 aromatic heterocycles. The molecule has 3 rings (SSSR count). The van der Waals surface area contributed by atoms with Gasteiger partial charge in [0.05, 0.1) is 18.5 Å². The summed E-state index contributed by atoms with van der Waals surface area (Å²) in [5.41, 5.74) is 5.71. The molecule has 0 atom stereocenters. The number of amides is 1. The molecule has 0 aliphatic carbocycles. The van der Waals surface area contributed by atoms with Crippen LogP contribution >= 0.6 is 15.9 Å². The van der Waals surface area contributed by atoms with Crippen molar-refractivity contribution in [3.8, 4) is 11.5 Å². The quantitative estimate of drug-likeness (QED) is 0.316. The van der Waals surface area contributed by atoms with E-state index in [0.717, 1.165) is 21.3 Å². The van der Waals surface area contributed by atoms with Crippen molar-refractivity contribution in [3.63, 3.8) is 0 Å². The minimum atomic E-state index is -0.208. The van der Waals surface area contributed by atoms with Crippen LogP contribution in [0.5, 0.6) is 11.5 Å². The van der Waals surface area contributed by atoms with E-state index in [-0.39, 0.29) is 12.5 Å². The Balaban J connectivity index is 1.61. The third-order valence-corrected chi connectivity index (χ3v) is 4.91. The number of nitrogens with zero attached hydrogens (tertiary/aromatic N) is 1. The van der Waals surface area contributed by atoms with Gasteiger partial charge in [0.15, 0.2) is 18.1 Å². The van der Waals surface area contributed by atoms with Gasteiger partial charge in [-0.25, -0.2) is 0 Å². The van der Waals surface area contributed by atoms with Gasteiger partial charge in [-0.3, -0.25) is 10.2 Å². The molecule has 1 amide bonds. The number of nitrogens with one attached hydrogen (secondary N) is 2. The lowest BCUT2D eigenvalue weighted by Crippen LogP contribution is -2.28. The number of carbonyl (C=O) groups is 1. The maximum Gasteiger partial charge on any atom is 0.258 e. The molecule has 0 unspecified atom stereocenters. The highest BCUT2D eigenvalue weighted by atomic mass is 79.9. The predicted octanol–water partition coefficient (Wildman–Crippen LogP) is 4.99. The van der Waals surface area contributed by atoms with Crippen LogP contribution in [0, 0.1) is 0 Å². The minimum absolute atomic E-state index is 0.109. The Morgan fingerprint density at radius 3 is 2.39 bits per heavy atom. The summed E-state index contributed by atoms with van der Waals surface area (Å²) < 4.78 is 12.2. The molecule has 0 radical (unpaired) electrons. The highest BCUT2D eigenvalue weighted by Crippen LogP contribution is 2.33. The van der Waals surface area contributed by atoms with E-state index in [1.807, 2.05) is 73.7 Å². The van der Waals surface area contributed by atoms with Gasteiger partial charge in [0, 0.05) is 16.6 Å². The maximum absolute atomic E-state index is 12.2. The van der Waals surface area contributed by atoms with Crippen molar-refractivity contribution in [2.75, 3.05) is 18.6 Å². The maximum atomic E-state index is 12.2. The third-order valence-electron chi connectivity index (χ3n) is 4.23. The van der Waals surface area contributed by atoms with Crippen LogP contribution in [0.25, 0.3) is 0 Å². The Morgan fingerprint density at radius 1 is 1.00 bits per heavy atom. The zero-order valence-corrected chi connectivity index (χ0v) is 18.8. The van der Waals surface area contributed by atoms with Gasteiger partial charge in [-0.05, 0) is 52.7 Å². The fourth-order valence-electron chi connectivity index (χ4n) is 2.71. The fourth-order valence-corrected chi connectivity index (χ4v) is 3.14. The van der Waals surface area contributed by atoms with Gasteiger partial charge in [0.2, 0.25) is 0 Å². The Bertz CT molecular complexity index is 1010. The molecule has 7 heteroatoms. The Hall–Kier alpha value is -3.32. The average Bonchev–Trinajstić information content (AvgIpc) is 2.80. The summed E-state index contributed by atoms with van der Waals surface area (Å²) in [7, 11) is 0. The first kappa shape index (κ1) is 22.4. The molecule has 3 aromatic carbocycles. The number of ether oxygens (including phenoxy) is 2. The molecular weight excluding hydrogens is 458 g/mol. The fraction of sp³-hybridized carbons (Fsp3) is 0.167. The van der Waals surface area contributed by atoms with Gasteiger partial charge >= 0.3 is 0 Å². The van der Waals surface area contributed by atoms with Crippen molar-refractivity contribution >= 4 is 33.7 Å². The number of rotatable bonds is 10. The smallest absolute Gasteiger partial charge is 0.258 e. The van der Waals surface area contributed by atoms with E-state index in [0.29, 0.717) is 24.7 Å². The van der Waals surface area contributed by atoms with Crippen LogP contribution in [0.2, 0.25) is 0 Å². The second kappa shape index (κ2) is 11.8. The number of halogens is 1. The molecular formula is C24H24BrN3O3. The number of hydrogen-bond acceptors (Lipinski definition) is 5. The molecule has 3 aromatic rings. The predicted molar refractivity (Wildman–Crippen MR) is 127 cm³/mol. The van der Waals surface area contributed by atoms with Crippen LogP contribution in [0.15, 0.2) is 82.4 Å². The molecule has 0 spiro atoms. The van der Waals surface area contributed by atoms with Crippen molar-refractivity contribution < 1.29 is 14.3 Å². The van der Waals surface area contributed by atoms with Crippen molar-refractivity contribution in [3.05, 3.63) is 88.4 Å². The molecule has 160 valence electrons. The lowest BCUT2D eigenvalue weighted by atomic mass is 10.2. The van der Waals surface area contributed by atoms with Gasteiger partial charge in [-0.1, -0.05) is 48.5 Å². The number of para-hydroxylation sites is 1. The lowest BCUT2D eigenvalue weighted by molar-refractivity contribution is -0.123. The summed E-state index contributed by atoms with van der Waals surface area (Å²) in [6.07, 6.45) is 1.69. The summed E-state index contributed by atoms with van der Waals surface area (Å²) in [6.45, 7) is 2.71. The highest BCUT2D eigenvalue weighted by Gasteiger charge is 2.12. The van der Waals surface area contributed by atoms with Crippen LogP contribution in [0.1, 0.15) is 18.1 Å². The first-order valence-electron chi connectivity index (χ1n) is 9.89. The van der Waals surface area contributed by atoms with Gasteiger partial charge in [0.25, 0.3) is 5.91 Å². The molecule has 0 bridgehead atoms. The zero-order valence-electron chi connectivity index (χ0n) is 17.2. The first-order valence-corrected chi connectivity index (χ1v) is 10.7. The second-order valence-corrected chi connectivity index (χ2v) is 7.39. The summed E-state index contributed by atoms with van der Waals surface area (Å²) in [5, 5.41) is 7.11. The van der Waals surface area contributed by atoms with Gasteiger partial charge in [-0.15, -0.1) is 0 Å². The molecule has 0 fully saturated rings. The topological polar surface area (TPSA) is 71.9 Å². The van der Waals surface area contributed by atoms with Crippen LogP contribution in [-0.4, -0.2) is 25.3 Å². The van der Waals surface area contributed by atoms with E-state index in [9.17, 15) is 4.79 Å². The molecule has 31 heavy (non-hydrogen) atoms. The summed E-state index contributed by atoms with van der Waals surface area (Å²) in [6, 6.07) is 23.0. The first-order chi connectivity index (χ1) is 15.2. The van der Waals surface area contributed by atoms with Crippen molar-refractivity contribution in [1.29, 1.82) is 0 Å². The molecule has 0 aliphatic heterocycles. The number of anilines is 1. The largest absolute Gasteiger partial charge is 0.490 e. The van der Waals surface area contributed by atoms with Crippen molar-refractivity contribution in [2.45, 2.75) is 13.5 Å². The summed E-state index contributed by atoms with van der Waals surface area (Å²) >= 11 is 3.53. The number of benzene rings is 3. The van der Waals surface area contributed by atoms with E-state index < -0.39 is 0 Å². The molecule has 2 N–H and O–H groups in total. The Labute approximate surface area is 190 Å². The summed E-state index contributed by atoms with van der Waals surface area (Å²) in [4.78, 5) is 12.2. The van der Waals surface area contributed by atoms with Crippen LogP contribution < -0.4 is 20.2 Å². The van der Waals surface area contributed by atoms with Crippen LogP contribution in [-0.2, 0) is 11.3 Å². The van der Waals surface area contributed by atoms with Gasteiger partial charge in [0.1, 0.15) is 0 Å². The third kappa shape index (κ3) is 7.15. The van der Waals surface area contributed by atoms with Gasteiger partial charge < -0.3 is 14.8 Å². The van der Waals surface area contributed by atoms with E-state index >= 15 is 0 Å². The average molecular weight is 482 g/mol. The number of carbonyl (C=O) groups excluding carboxylic acids is 1. The van der Waals surface area contributed by atoms with E-state index in [1.165, 1.54) is 0 Å².